The Bertz CT molecular complexity index is 581. The summed E-state index contributed by atoms with van der Waals surface area (Å²) in [4.78, 5) is 11.0. The molecule has 2 nitrogen and oxygen atoms in total. The van der Waals surface area contributed by atoms with Gasteiger partial charge in [0.05, 0.1) is 0 Å². The summed E-state index contributed by atoms with van der Waals surface area (Å²) in [5, 5.41) is 0. The van der Waals surface area contributed by atoms with Gasteiger partial charge in [-0.25, -0.2) is 0 Å². The van der Waals surface area contributed by atoms with Crippen molar-refractivity contribution >= 4 is 6.29 Å². The molecule has 0 unspecified atom stereocenters. The van der Waals surface area contributed by atoms with Crippen LogP contribution in [0.25, 0.3) is 11.1 Å². The van der Waals surface area contributed by atoms with E-state index >= 15 is 0 Å². The molecule has 0 saturated carbocycles. The van der Waals surface area contributed by atoms with Crippen LogP contribution in [0.1, 0.15) is 60.9 Å². The van der Waals surface area contributed by atoms with Gasteiger partial charge in [0.2, 0.25) is 0 Å². The molecule has 0 radical (unpaired) electrons. The summed E-state index contributed by atoms with van der Waals surface area (Å²) in [5.74, 6) is 1.37. The third-order valence-corrected chi connectivity index (χ3v) is 3.78. The first-order valence-electron chi connectivity index (χ1n) is 7.89. The molecule has 2 rings (SSSR count). The van der Waals surface area contributed by atoms with Crippen LogP contribution in [-0.2, 0) is 6.42 Å². The Morgan fingerprint density at radius 1 is 1.10 bits per heavy atom. The van der Waals surface area contributed by atoms with Crippen molar-refractivity contribution in [3.05, 3.63) is 47.4 Å². The maximum Gasteiger partial charge on any atom is 0.185 e. The fourth-order valence-electron chi connectivity index (χ4n) is 2.64. The van der Waals surface area contributed by atoms with Crippen molar-refractivity contribution in [2.75, 3.05) is 0 Å². The molecule has 0 aliphatic rings. The first kappa shape index (κ1) is 15.6. The van der Waals surface area contributed by atoms with Crippen molar-refractivity contribution in [2.45, 2.75) is 52.4 Å². The van der Waals surface area contributed by atoms with E-state index in [9.17, 15) is 4.79 Å². The number of furan rings is 1. The average molecular weight is 284 g/mol. The van der Waals surface area contributed by atoms with E-state index in [2.05, 4.69) is 32.0 Å². The van der Waals surface area contributed by atoms with Gasteiger partial charge < -0.3 is 4.42 Å². The zero-order chi connectivity index (χ0) is 15.1. The van der Waals surface area contributed by atoms with Crippen LogP contribution in [0, 0.1) is 6.92 Å². The summed E-state index contributed by atoms with van der Waals surface area (Å²) in [5.41, 5.74) is 3.42. The molecule has 2 aromatic rings. The number of aldehydes is 1. The molecule has 2 heteroatoms. The number of carbonyl (C=O) groups excluding carboxylic acids is 1. The van der Waals surface area contributed by atoms with Gasteiger partial charge in [0.25, 0.3) is 0 Å². The Balaban J connectivity index is 2.13. The summed E-state index contributed by atoms with van der Waals surface area (Å²) < 4.78 is 5.70. The minimum atomic E-state index is 0.426. The van der Waals surface area contributed by atoms with Crippen LogP contribution in [0.2, 0.25) is 0 Å². The van der Waals surface area contributed by atoms with Crippen molar-refractivity contribution in [3.63, 3.8) is 0 Å². The Labute approximate surface area is 127 Å². The van der Waals surface area contributed by atoms with Gasteiger partial charge in [-0.2, -0.15) is 0 Å². The van der Waals surface area contributed by atoms with E-state index in [-0.39, 0.29) is 0 Å². The molecule has 0 saturated heterocycles. The Morgan fingerprint density at radius 3 is 2.62 bits per heavy atom. The quantitative estimate of drug-likeness (QED) is 0.468. The van der Waals surface area contributed by atoms with E-state index in [4.69, 9.17) is 4.42 Å². The van der Waals surface area contributed by atoms with E-state index in [1.165, 1.54) is 31.2 Å². The summed E-state index contributed by atoms with van der Waals surface area (Å²) in [6.45, 7) is 4.30. The summed E-state index contributed by atoms with van der Waals surface area (Å²) in [6, 6.07) is 10.2. The molecule has 0 aliphatic heterocycles. The van der Waals surface area contributed by atoms with E-state index < -0.39 is 0 Å². The predicted octanol–water partition coefficient (Wildman–Crippen LogP) is 5.58. The molecule has 0 amide bonds. The molecule has 1 aromatic heterocycles. The predicted molar refractivity (Wildman–Crippen MR) is 86.7 cm³/mol. The van der Waals surface area contributed by atoms with Crippen molar-refractivity contribution in [2.24, 2.45) is 0 Å². The fraction of sp³-hybridized carbons (Fsp3) is 0.421. The van der Waals surface area contributed by atoms with Crippen LogP contribution in [0.3, 0.4) is 0 Å². The molecule has 0 atom stereocenters. The van der Waals surface area contributed by atoms with Crippen LogP contribution in [0.4, 0.5) is 0 Å². The first-order chi connectivity index (χ1) is 10.2. The van der Waals surface area contributed by atoms with Gasteiger partial charge in [0.1, 0.15) is 5.76 Å². The minimum absolute atomic E-state index is 0.426. The van der Waals surface area contributed by atoms with E-state index in [0.29, 0.717) is 5.76 Å². The van der Waals surface area contributed by atoms with E-state index in [0.717, 1.165) is 36.0 Å². The normalized spacial score (nSPS) is 10.8. The molecule has 112 valence electrons. The smallest absolute Gasteiger partial charge is 0.185 e. The van der Waals surface area contributed by atoms with Gasteiger partial charge in [0, 0.05) is 12.0 Å². The molecule has 0 fully saturated rings. The van der Waals surface area contributed by atoms with Crippen molar-refractivity contribution in [3.8, 4) is 11.1 Å². The van der Waals surface area contributed by atoms with Crippen LogP contribution >= 0.6 is 0 Å². The van der Waals surface area contributed by atoms with Crippen LogP contribution in [0.5, 0.6) is 0 Å². The molecule has 21 heavy (non-hydrogen) atoms. The topological polar surface area (TPSA) is 30.2 Å². The van der Waals surface area contributed by atoms with Gasteiger partial charge in [-0.1, -0.05) is 62.4 Å². The Morgan fingerprint density at radius 2 is 1.90 bits per heavy atom. The highest BCUT2D eigenvalue weighted by molar-refractivity contribution is 5.77. The number of aryl methyl sites for hydroxylation is 2. The fourth-order valence-corrected chi connectivity index (χ4v) is 2.64. The van der Waals surface area contributed by atoms with Gasteiger partial charge >= 0.3 is 0 Å². The molecule has 1 heterocycles. The molecule has 1 aromatic carbocycles. The van der Waals surface area contributed by atoms with Gasteiger partial charge in [-0.15, -0.1) is 0 Å². The van der Waals surface area contributed by atoms with Crippen molar-refractivity contribution in [1.82, 2.24) is 0 Å². The number of rotatable bonds is 8. The van der Waals surface area contributed by atoms with Crippen molar-refractivity contribution in [1.29, 1.82) is 0 Å². The van der Waals surface area contributed by atoms with Gasteiger partial charge in [0.15, 0.2) is 12.0 Å². The van der Waals surface area contributed by atoms with E-state index in [1.807, 2.05) is 12.1 Å². The molecular formula is C19H24O2. The minimum Gasteiger partial charge on any atom is -0.458 e. The molecule has 0 bridgehead atoms. The second kappa shape index (κ2) is 7.82. The molecular weight excluding hydrogens is 260 g/mol. The largest absolute Gasteiger partial charge is 0.458 e. The lowest BCUT2D eigenvalue weighted by atomic mass is 10.0. The van der Waals surface area contributed by atoms with Gasteiger partial charge in [-0.05, 0) is 25.0 Å². The second-order valence-electron chi connectivity index (χ2n) is 5.64. The zero-order valence-corrected chi connectivity index (χ0v) is 13.0. The number of unbranched alkanes of at least 4 members (excludes halogenated alkanes) is 4. The lowest BCUT2D eigenvalue weighted by Crippen LogP contribution is -1.87. The third-order valence-electron chi connectivity index (χ3n) is 3.78. The molecule has 0 spiro atoms. The summed E-state index contributed by atoms with van der Waals surface area (Å²) >= 11 is 0. The number of benzene rings is 1. The monoisotopic (exact) mass is 284 g/mol. The molecule has 0 aliphatic carbocycles. The lowest BCUT2D eigenvalue weighted by molar-refractivity contribution is 0.109. The highest BCUT2D eigenvalue weighted by Crippen LogP contribution is 2.29. The van der Waals surface area contributed by atoms with Gasteiger partial charge in [-0.3, -0.25) is 4.79 Å². The average Bonchev–Trinajstić information content (AvgIpc) is 2.90. The highest BCUT2D eigenvalue weighted by atomic mass is 16.3. The molecule has 0 N–H and O–H groups in total. The van der Waals surface area contributed by atoms with E-state index in [1.54, 1.807) is 0 Å². The lowest BCUT2D eigenvalue weighted by Gasteiger charge is -2.04. The maximum atomic E-state index is 11.0. The standard InChI is InChI=1S/C19H24O2/c1-3-4-5-6-7-11-19-18(13-17(14-20)21-19)16-10-8-9-15(2)12-16/h8-10,12-14H,3-7,11H2,1-2H3. The van der Waals surface area contributed by atoms with Crippen LogP contribution < -0.4 is 0 Å². The summed E-state index contributed by atoms with van der Waals surface area (Å²) in [6.07, 6.45) is 7.86. The van der Waals surface area contributed by atoms with Crippen LogP contribution in [-0.4, -0.2) is 6.29 Å². The highest BCUT2D eigenvalue weighted by Gasteiger charge is 2.12. The van der Waals surface area contributed by atoms with Crippen molar-refractivity contribution < 1.29 is 9.21 Å². The zero-order valence-electron chi connectivity index (χ0n) is 13.0. The number of carbonyl (C=O) groups is 1. The first-order valence-corrected chi connectivity index (χ1v) is 7.89. The Kier molecular flexibility index (Phi) is 5.79. The third kappa shape index (κ3) is 4.32. The second-order valence-corrected chi connectivity index (χ2v) is 5.64. The summed E-state index contributed by atoms with van der Waals surface area (Å²) in [7, 11) is 0. The SMILES string of the molecule is CCCCCCCc1oc(C=O)cc1-c1cccc(C)c1. The Hall–Kier alpha value is -1.83. The van der Waals surface area contributed by atoms with Crippen LogP contribution in [0.15, 0.2) is 34.7 Å². The number of hydrogen-bond donors (Lipinski definition) is 0. The maximum absolute atomic E-state index is 11.0. The number of hydrogen-bond acceptors (Lipinski definition) is 2.